The number of benzene rings is 1. The molecule has 3 aromatic rings. The molecule has 0 atom stereocenters. The van der Waals surface area contributed by atoms with Crippen molar-refractivity contribution in [3.63, 3.8) is 0 Å². The topological polar surface area (TPSA) is 90.1 Å². The molecule has 2 aromatic heterocycles. The van der Waals surface area contributed by atoms with Gasteiger partial charge < -0.3 is 15.4 Å². The summed E-state index contributed by atoms with van der Waals surface area (Å²) >= 11 is 0. The molecule has 0 bridgehead atoms. The molecule has 0 aliphatic carbocycles. The van der Waals surface area contributed by atoms with Gasteiger partial charge in [0.2, 0.25) is 11.9 Å². The summed E-state index contributed by atoms with van der Waals surface area (Å²) in [6.45, 7) is 0. The first kappa shape index (κ1) is 13.0. The first-order chi connectivity index (χ1) is 10.1. The molecular formula is C14H14N6O. The monoisotopic (exact) mass is 282 g/mol. The van der Waals surface area contributed by atoms with E-state index >= 15 is 0 Å². The third kappa shape index (κ3) is 2.81. The number of anilines is 2. The number of nitrogen functional groups attached to an aromatic ring is 1. The van der Waals surface area contributed by atoms with Gasteiger partial charge in [-0.25, -0.2) is 0 Å². The van der Waals surface area contributed by atoms with Gasteiger partial charge >= 0.3 is 6.01 Å². The quantitative estimate of drug-likeness (QED) is 0.784. The Labute approximate surface area is 121 Å². The van der Waals surface area contributed by atoms with Gasteiger partial charge in [0.1, 0.15) is 5.75 Å². The highest BCUT2D eigenvalue weighted by Crippen LogP contribution is 2.22. The Kier molecular flexibility index (Phi) is 3.23. The molecule has 0 aliphatic rings. The highest BCUT2D eigenvalue weighted by atomic mass is 16.5. The molecule has 7 nitrogen and oxygen atoms in total. The maximum atomic E-state index is 5.66. The summed E-state index contributed by atoms with van der Waals surface area (Å²) in [5.74, 6) is 1.09. The van der Waals surface area contributed by atoms with E-state index in [-0.39, 0.29) is 12.0 Å². The van der Waals surface area contributed by atoms with E-state index in [0.717, 1.165) is 10.9 Å². The van der Waals surface area contributed by atoms with Gasteiger partial charge in [0.25, 0.3) is 0 Å². The lowest BCUT2D eigenvalue weighted by Crippen LogP contribution is -2.15. The second-order valence-electron chi connectivity index (χ2n) is 4.64. The molecular weight excluding hydrogens is 268 g/mol. The number of hydrogen-bond acceptors (Lipinski definition) is 7. The van der Waals surface area contributed by atoms with Crippen molar-refractivity contribution in [3.8, 4) is 11.8 Å². The SMILES string of the molecule is CN(C)c1nc(N)nc(Oc2cnc3ccccc3c2)n1. The van der Waals surface area contributed by atoms with Gasteiger partial charge in [0.05, 0.1) is 11.7 Å². The van der Waals surface area contributed by atoms with Crippen LogP contribution in [0, 0.1) is 0 Å². The van der Waals surface area contributed by atoms with Crippen LogP contribution in [0.3, 0.4) is 0 Å². The average molecular weight is 282 g/mol. The average Bonchev–Trinajstić information content (AvgIpc) is 2.46. The lowest BCUT2D eigenvalue weighted by atomic mass is 10.2. The molecule has 0 saturated carbocycles. The summed E-state index contributed by atoms with van der Waals surface area (Å²) in [6.07, 6.45) is 1.62. The van der Waals surface area contributed by atoms with Gasteiger partial charge in [0.15, 0.2) is 0 Å². The van der Waals surface area contributed by atoms with E-state index in [0.29, 0.717) is 11.7 Å². The van der Waals surface area contributed by atoms with Crippen LogP contribution >= 0.6 is 0 Å². The number of hydrogen-bond donors (Lipinski definition) is 1. The Hall–Kier alpha value is -2.96. The van der Waals surface area contributed by atoms with Gasteiger partial charge in [-0.15, -0.1) is 0 Å². The van der Waals surface area contributed by atoms with Gasteiger partial charge in [-0.2, -0.15) is 15.0 Å². The molecule has 0 unspecified atom stereocenters. The number of rotatable bonds is 3. The molecule has 0 spiro atoms. The number of para-hydroxylation sites is 1. The van der Waals surface area contributed by atoms with Crippen molar-refractivity contribution in [1.29, 1.82) is 0 Å². The maximum Gasteiger partial charge on any atom is 0.328 e. The Morgan fingerprint density at radius 1 is 1.10 bits per heavy atom. The Morgan fingerprint density at radius 2 is 1.90 bits per heavy atom. The third-order valence-electron chi connectivity index (χ3n) is 2.79. The van der Waals surface area contributed by atoms with Crippen LogP contribution in [-0.4, -0.2) is 34.0 Å². The highest BCUT2D eigenvalue weighted by Gasteiger charge is 2.08. The van der Waals surface area contributed by atoms with E-state index < -0.39 is 0 Å². The molecule has 0 amide bonds. The molecule has 3 rings (SSSR count). The molecule has 2 N–H and O–H groups in total. The van der Waals surface area contributed by atoms with E-state index in [9.17, 15) is 0 Å². The minimum Gasteiger partial charge on any atom is -0.422 e. The third-order valence-corrected chi connectivity index (χ3v) is 2.79. The molecule has 0 aliphatic heterocycles. The van der Waals surface area contributed by atoms with E-state index in [1.165, 1.54) is 0 Å². The lowest BCUT2D eigenvalue weighted by Gasteiger charge is -2.11. The lowest BCUT2D eigenvalue weighted by molar-refractivity contribution is 0.440. The van der Waals surface area contributed by atoms with Crippen molar-refractivity contribution in [2.24, 2.45) is 0 Å². The van der Waals surface area contributed by atoms with Crippen molar-refractivity contribution in [2.45, 2.75) is 0 Å². The molecule has 1 aromatic carbocycles. The van der Waals surface area contributed by atoms with Crippen LogP contribution in [0.4, 0.5) is 11.9 Å². The Morgan fingerprint density at radius 3 is 2.71 bits per heavy atom. The molecule has 7 heteroatoms. The fourth-order valence-corrected chi connectivity index (χ4v) is 1.82. The first-order valence-electron chi connectivity index (χ1n) is 6.33. The Bertz CT molecular complexity index is 789. The van der Waals surface area contributed by atoms with Gasteiger partial charge in [-0.05, 0) is 12.1 Å². The van der Waals surface area contributed by atoms with Gasteiger partial charge in [-0.3, -0.25) is 4.98 Å². The second kappa shape index (κ2) is 5.20. The summed E-state index contributed by atoms with van der Waals surface area (Å²) in [5.41, 5.74) is 6.55. The summed E-state index contributed by atoms with van der Waals surface area (Å²) in [6, 6.07) is 9.79. The van der Waals surface area contributed by atoms with E-state index in [1.54, 1.807) is 11.1 Å². The number of fused-ring (bicyclic) bond motifs is 1. The van der Waals surface area contributed by atoms with Gasteiger partial charge in [0, 0.05) is 19.5 Å². The molecule has 106 valence electrons. The standard InChI is InChI=1S/C14H14N6O/c1-20(2)13-17-12(15)18-14(19-13)21-10-7-9-5-3-4-6-11(9)16-8-10/h3-8H,1-2H3,(H2,15,17,18,19). The zero-order valence-corrected chi connectivity index (χ0v) is 11.7. The first-order valence-corrected chi connectivity index (χ1v) is 6.33. The molecule has 0 fully saturated rings. The number of pyridine rings is 1. The number of ether oxygens (including phenoxy) is 1. The molecule has 21 heavy (non-hydrogen) atoms. The zero-order valence-electron chi connectivity index (χ0n) is 11.7. The second-order valence-corrected chi connectivity index (χ2v) is 4.64. The fourth-order valence-electron chi connectivity index (χ4n) is 1.82. The van der Waals surface area contributed by atoms with Crippen LogP contribution < -0.4 is 15.4 Å². The summed E-state index contributed by atoms with van der Waals surface area (Å²) in [7, 11) is 3.63. The fraction of sp³-hybridized carbons (Fsp3) is 0.143. The van der Waals surface area contributed by atoms with Gasteiger partial charge in [-0.1, -0.05) is 18.2 Å². The smallest absolute Gasteiger partial charge is 0.328 e. The molecule has 0 saturated heterocycles. The summed E-state index contributed by atoms with van der Waals surface area (Å²) in [4.78, 5) is 18.2. The molecule has 2 heterocycles. The predicted octanol–water partition coefficient (Wildman–Crippen LogP) is 1.86. The van der Waals surface area contributed by atoms with Crippen molar-refractivity contribution in [3.05, 3.63) is 36.5 Å². The predicted molar refractivity (Wildman–Crippen MR) is 80.4 cm³/mol. The normalized spacial score (nSPS) is 10.6. The van der Waals surface area contributed by atoms with E-state index in [4.69, 9.17) is 10.5 Å². The largest absolute Gasteiger partial charge is 0.422 e. The minimum absolute atomic E-state index is 0.109. The summed E-state index contributed by atoms with van der Waals surface area (Å²) < 4.78 is 5.63. The number of nitrogens with zero attached hydrogens (tertiary/aromatic N) is 5. The molecule has 0 radical (unpaired) electrons. The van der Waals surface area contributed by atoms with E-state index in [1.807, 2.05) is 44.4 Å². The van der Waals surface area contributed by atoms with Crippen LogP contribution in [0.2, 0.25) is 0 Å². The van der Waals surface area contributed by atoms with Crippen molar-refractivity contribution in [1.82, 2.24) is 19.9 Å². The number of aromatic nitrogens is 4. The van der Waals surface area contributed by atoms with Crippen LogP contribution in [0.25, 0.3) is 10.9 Å². The minimum atomic E-state index is 0.109. The van der Waals surface area contributed by atoms with E-state index in [2.05, 4.69) is 19.9 Å². The van der Waals surface area contributed by atoms with Crippen LogP contribution in [0.1, 0.15) is 0 Å². The van der Waals surface area contributed by atoms with Crippen LogP contribution in [0.15, 0.2) is 36.5 Å². The van der Waals surface area contributed by atoms with Crippen molar-refractivity contribution in [2.75, 3.05) is 24.7 Å². The summed E-state index contributed by atoms with van der Waals surface area (Å²) in [5, 5.41) is 0.977. The Balaban J connectivity index is 1.94. The van der Waals surface area contributed by atoms with Crippen LogP contribution in [-0.2, 0) is 0 Å². The number of nitrogens with two attached hydrogens (primary N) is 1. The van der Waals surface area contributed by atoms with Crippen molar-refractivity contribution >= 4 is 22.8 Å². The van der Waals surface area contributed by atoms with Crippen molar-refractivity contribution < 1.29 is 4.74 Å². The maximum absolute atomic E-state index is 5.66. The zero-order chi connectivity index (χ0) is 14.8. The highest BCUT2D eigenvalue weighted by molar-refractivity contribution is 5.79. The van der Waals surface area contributed by atoms with Crippen LogP contribution in [0.5, 0.6) is 11.8 Å².